The molecule has 0 amide bonds. The third-order valence-corrected chi connectivity index (χ3v) is 7.04. The SMILES string of the molecule is Cc1cc(S(=O)(=O)NCC2(CO)CC2)sc1Br. The molecule has 0 saturated heterocycles. The minimum Gasteiger partial charge on any atom is -0.396 e. The van der Waals surface area contributed by atoms with Gasteiger partial charge in [-0.25, -0.2) is 13.1 Å². The van der Waals surface area contributed by atoms with E-state index in [9.17, 15) is 8.42 Å². The lowest BCUT2D eigenvalue weighted by atomic mass is 10.1. The van der Waals surface area contributed by atoms with Crippen molar-refractivity contribution in [1.29, 1.82) is 0 Å². The highest BCUT2D eigenvalue weighted by Crippen LogP contribution is 2.44. The van der Waals surface area contributed by atoms with E-state index in [0.717, 1.165) is 22.2 Å². The standard InChI is InChI=1S/C10H14BrNO3S2/c1-7-4-8(16-9(7)11)17(14,15)12-5-10(6-13)2-3-10/h4,12-13H,2-3,5-6H2,1H3. The number of thiophene rings is 1. The number of aryl methyl sites for hydroxylation is 1. The van der Waals surface area contributed by atoms with Crippen LogP contribution in [0.3, 0.4) is 0 Å². The van der Waals surface area contributed by atoms with E-state index in [1.165, 1.54) is 11.3 Å². The van der Waals surface area contributed by atoms with Crippen molar-refractivity contribution in [3.05, 3.63) is 15.4 Å². The second kappa shape index (κ2) is 4.62. The molecule has 1 saturated carbocycles. The zero-order valence-electron chi connectivity index (χ0n) is 9.36. The molecule has 1 aliphatic rings. The molecule has 0 unspecified atom stereocenters. The van der Waals surface area contributed by atoms with Gasteiger partial charge in [0, 0.05) is 18.6 Å². The molecule has 0 aromatic carbocycles. The number of halogens is 1. The van der Waals surface area contributed by atoms with Crippen LogP contribution >= 0.6 is 27.3 Å². The molecule has 2 rings (SSSR count). The van der Waals surface area contributed by atoms with Crippen LogP contribution in [0.5, 0.6) is 0 Å². The van der Waals surface area contributed by atoms with Crippen molar-refractivity contribution in [1.82, 2.24) is 4.72 Å². The summed E-state index contributed by atoms with van der Waals surface area (Å²) >= 11 is 4.52. The Balaban J connectivity index is 2.09. The van der Waals surface area contributed by atoms with Gasteiger partial charge in [0.05, 0.1) is 3.79 Å². The Morgan fingerprint density at radius 3 is 2.65 bits per heavy atom. The van der Waals surface area contributed by atoms with E-state index in [1.54, 1.807) is 6.07 Å². The van der Waals surface area contributed by atoms with E-state index in [-0.39, 0.29) is 12.0 Å². The van der Waals surface area contributed by atoms with Gasteiger partial charge in [0.2, 0.25) is 10.0 Å². The van der Waals surface area contributed by atoms with Gasteiger partial charge in [0.1, 0.15) is 4.21 Å². The van der Waals surface area contributed by atoms with Crippen LogP contribution in [0.25, 0.3) is 0 Å². The van der Waals surface area contributed by atoms with E-state index in [2.05, 4.69) is 20.7 Å². The molecule has 96 valence electrons. The molecular formula is C10H14BrNO3S2. The highest BCUT2D eigenvalue weighted by molar-refractivity contribution is 9.11. The van der Waals surface area contributed by atoms with Gasteiger partial charge in [0.15, 0.2) is 0 Å². The average Bonchev–Trinajstić information content (AvgIpc) is 2.99. The minimum atomic E-state index is -3.44. The summed E-state index contributed by atoms with van der Waals surface area (Å²) in [6, 6.07) is 1.65. The predicted octanol–water partition coefficient (Wildman–Crippen LogP) is 1.87. The smallest absolute Gasteiger partial charge is 0.250 e. The van der Waals surface area contributed by atoms with Crippen molar-refractivity contribution in [3.63, 3.8) is 0 Å². The van der Waals surface area contributed by atoms with Crippen LogP contribution in [0.1, 0.15) is 18.4 Å². The quantitative estimate of drug-likeness (QED) is 0.860. The molecule has 0 spiro atoms. The van der Waals surface area contributed by atoms with E-state index >= 15 is 0 Å². The van der Waals surface area contributed by atoms with Crippen LogP contribution in [0.2, 0.25) is 0 Å². The fourth-order valence-electron chi connectivity index (χ4n) is 1.45. The maximum atomic E-state index is 12.0. The second-order valence-corrected chi connectivity index (χ2v) is 8.87. The van der Waals surface area contributed by atoms with Crippen molar-refractivity contribution in [3.8, 4) is 0 Å². The summed E-state index contributed by atoms with van der Waals surface area (Å²) in [5.74, 6) is 0. The maximum absolute atomic E-state index is 12.0. The molecule has 0 atom stereocenters. The molecule has 1 aromatic heterocycles. The van der Waals surface area contributed by atoms with Crippen molar-refractivity contribution in [2.75, 3.05) is 13.2 Å². The number of hydrogen-bond donors (Lipinski definition) is 2. The number of hydrogen-bond acceptors (Lipinski definition) is 4. The van der Waals surface area contributed by atoms with E-state index in [4.69, 9.17) is 5.11 Å². The zero-order chi connectivity index (χ0) is 12.7. The van der Waals surface area contributed by atoms with E-state index in [0.29, 0.717) is 10.8 Å². The summed E-state index contributed by atoms with van der Waals surface area (Å²) in [6.45, 7) is 2.22. The lowest BCUT2D eigenvalue weighted by Gasteiger charge is -2.12. The fourth-order valence-corrected chi connectivity index (χ4v) is 4.88. The van der Waals surface area contributed by atoms with Gasteiger partial charge in [-0.3, -0.25) is 0 Å². The molecule has 1 aromatic rings. The maximum Gasteiger partial charge on any atom is 0.250 e. The molecule has 1 fully saturated rings. The van der Waals surface area contributed by atoms with Crippen molar-refractivity contribution in [2.24, 2.45) is 5.41 Å². The molecule has 0 radical (unpaired) electrons. The number of aliphatic hydroxyl groups is 1. The van der Waals surface area contributed by atoms with Crippen LogP contribution in [0, 0.1) is 12.3 Å². The summed E-state index contributed by atoms with van der Waals surface area (Å²) in [5.41, 5.74) is 0.704. The van der Waals surface area contributed by atoms with Crippen molar-refractivity contribution < 1.29 is 13.5 Å². The molecule has 17 heavy (non-hydrogen) atoms. The summed E-state index contributed by atoms with van der Waals surface area (Å²) in [6.07, 6.45) is 1.78. The summed E-state index contributed by atoms with van der Waals surface area (Å²) in [4.78, 5) is 0. The van der Waals surface area contributed by atoms with Gasteiger partial charge in [-0.15, -0.1) is 11.3 Å². The molecular weight excluding hydrogens is 326 g/mol. The first-order valence-electron chi connectivity index (χ1n) is 5.25. The van der Waals surface area contributed by atoms with Crippen LogP contribution in [0.15, 0.2) is 14.1 Å². The highest BCUT2D eigenvalue weighted by atomic mass is 79.9. The number of nitrogens with one attached hydrogen (secondary N) is 1. The van der Waals surface area contributed by atoms with Gasteiger partial charge < -0.3 is 5.11 Å². The third kappa shape index (κ3) is 2.90. The van der Waals surface area contributed by atoms with Crippen LogP contribution in [0.4, 0.5) is 0 Å². The molecule has 0 aliphatic heterocycles. The van der Waals surface area contributed by atoms with Crippen LogP contribution in [-0.2, 0) is 10.0 Å². The van der Waals surface area contributed by atoms with Crippen LogP contribution < -0.4 is 4.72 Å². The topological polar surface area (TPSA) is 66.4 Å². The van der Waals surface area contributed by atoms with Gasteiger partial charge in [-0.05, 0) is 47.3 Å². The van der Waals surface area contributed by atoms with Crippen molar-refractivity contribution in [2.45, 2.75) is 24.0 Å². The van der Waals surface area contributed by atoms with E-state index in [1.807, 2.05) is 6.92 Å². The summed E-state index contributed by atoms with van der Waals surface area (Å²) < 4.78 is 27.7. The Bertz CT molecular complexity index is 500. The van der Waals surface area contributed by atoms with Gasteiger partial charge in [-0.1, -0.05) is 0 Å². The Morgan fingerprint density at radius 2 is 2.24 bits per heavy atom. The lowest BCUT2D eigenvalue weighted by molar-refractivity contribution is 0.213. The largest absolute Gasteiger partial charge is 0.396 e. The molecule has 1 aliphatic carbocycles. The molecule has 7 heteroatoms. The first-order valence-corrected chi connectivity index (χ1v) is 8.34. The Labute approximate surface area is 113 Å². The Hall–Kier alpha value is 0.0500. The second-order valence-electron chi connectivity index (χ2n) is 4.50. The summed E-state index contributed by atoms with van der Waals surface area (Å²) in [7, 11) is -3.44. The van der Waals surface area contributed by atoms with Gasteiger partial charge >= 0.3 is 0 Å². The molecule has 4 nitrogen and oxygen atoms in total. The number of sulfonamides is 1. The fraction of sp³-hybridized carbons (Fsp3) is 0.600. The monoisotopic (exact) mass is 339 g/mol. The minimum absolute atomic E-state index is 0.0443. The van der Waals surface area contributed by atoms with Gasteiger partial charge in [0.25, 0.3) is 0 Å². The Morgan fingerprint density at radius 1 is 1.59 bits per heavy atom. The number of aliphatic hydroxyl groups excluding tert-OH is 1. The predicted molar refractivity (Wildman–Crippen MR) is 70.7 cm³/mol. The number of rotatable bonds is 5. The van der Waals surface area contributed by atoms with E-state index < -0.39 is 10.0 Å². The third-order valence-electron chi connectivity index (χ3n) is 3.03. The first-order chi connectivity index (χ1) is 7.88. The highest BCUT2D eigenvalue weighted by Gasteiger charge is 2.42. The normalized spacial score (nSPS) is 18.3. The van der Waals surface area contributed by atoms with Gasteiger partial charge in [-0.2, -0.15) is 0 Å². The lowest BCUT2D eigenvalue weighted by Crippen LogP contribution is -2.31. The molecule has 0 bridgehead atoms. The Kier molecular flexibility index (Phi) is 3.66. The van der Waals surface area contributed by atoms with Crippen LogP contribution in [-0.4, -0.2) is 26.7 Å². The zero-order valence-corrected chi connectivity index (χ0v) is 12.6. The summed E-state index contributed by atoms with van der Waals surface area (Å²) in [5, 5.41) is 9.13. The molecule has 2 N–H and O–H groups in total. The first kappa shape index (κ1) is 13.5. The van der Waals surface area contributed by atoms with Crippen molar-refractivity contribution >= 4 is 37.3 Å². The molecule has 1 heterocycles. The average molecular weight is 340 g/mol.